The molecular formula is C12H17N3O. The largest absolute Gasteiger partial charge is 0.353 e. The van der Waals surface area contributed by atoms with Gasteiger partial charge in [0.25, 0.3) is 0 Å². The van der Waals surface area contributed by atoms with E-state index in [-0.39, 0.29) is 5.91 Å². The van der Waals surface area contributed by atoms with Gasteiger partial charge in [-0.1, -0.05) is 0 Å². The summed E-state index contributed by atoms with van der Waals surface area (Å²) >= 11 is 0. The molecule has 1 aromatic rings. The second kappa shape index (κ2) is 4.51. The van der Waals surface area contributed by atoms with Crippen LogP contribution in [-0.2, 0) is 4.79 Å². The average Bonchev–Trinajstić information content (AvgIpc) is 2.29. The zero-order chi connectivity index (χ0) is 11.5. The highest BCUT2D eigenvalue weighted by atomic mass is 16.2. The zero-order valence-corrected chi connectivity index (χ0v) is 9.81. The Hall–Kier alpha value is -1.58. The van der Waals surface area contributed by atoms with Crippen LogP contribution in [0.3, 0.4) is 0 Å². The van der Waals surface area contributed by atoms with Crippen molar-refractivity contribution < 1.29 is 4.79 Å². The van der Waals surface area contributed by atoms with Gasteiger partial charge in [-0.2, -0.15) is 0 Å². The number of aromatic nitrogens is 1. The molecule has 4 heteroatoms. The minimum Gasteiger partial charge on any atom is -0.353 e. The first-order valence-electron chi connectivity index (χ1n) is 5.60. The van der Waals surface area contributed by atoms with E-state index >= 15 is 0 Å². The Labute approximate surface area is 95.9 Å². The molecule has 4 nitrogen and oxygen atoms in total. The number of carbonyl (C=O) groups excluding carboxylic acids is 1. The summed E-state index contributed by atoms with van der Waals surface area (Å²) < 4.78 is 0. The van der Waals surface area contributed by atoms with Crippen molar-refractivity contribution in [3.63, 3.8) is 0 Å². The minimum absolute atomic E-state index is 0.164. The number of rotatable bonds is 1. The number of aryl methyl sites for hydroxylation is 1. The Balaban J connectivity index is 2.01. The summed E-state index contributed by atoms with van der Waals surface area (Å²) in [4.78, 5) is 19.7. The molecule has 0 aromatic carbocycles. The van der Waals surface area contributed by atoms with Crippen LogP contribution < -0.4 is 4.90 Å². The van der Waals surface area contributed by atoms with Crippen LogP contribution in [-0.4, -0.2) is 42.0 Å². The normalized spacial score (nSPS) is 16.4. The second-order valence-electron chi connectivity index (χ2n) is 4.18. The molecule has 1 aliphatic heterocycles. The molecular weight excluding hydrogens is 202 g/mol. The van der Waals surface area contributed by atoms with Crippen molar-refractivity contribution in [3.05, 3.63) is 23.9 Å². The van der Waals surface area contributed by atoms with Gasteiger partial charge >= 0.3 is 0 Å². The van der Waals surface area contributed by atoms with E-state index in [0.29, 0.717) is 0 Å². The standard InChI is InChI=1S/C12H17N3O/c1-10-3-4-13-12(9-10)15-7-5-14(6-8-15)11(2)16/h3-4,9H,5-8H2,1-2H3. The Bertz CT molecular complexity index is 384. The topological polar surface area (TPSA) is 36.4 Å². The number of pyridine rings is 1. The molecule has 16 heavy (non-hydrogen) atoms. The van der Waals surface area contributed by atoms with Crippen molar-refractivity contribution >= 4 is 11.7 Å². The highest BCUT2D eigenvalue weighted by molar-refractivity contribution is 5.73. The first kappa shape index (κ1) is 10.9. The molecule has 1 aromatic heterocycles. The maximum absolute atomic E-state index is 11.2. The second-order valence-corrected chi connectivity index (χ2v) is 4.18. The predicted octanol–water partition coefficient (Wildman–Crippen LogP) is 1.06. The molecule has 0 unspecified atom stereocenters. The third-order valence-corrected chi connectivity index (χ3v) is 2.95. The van der Waals surface area contributed by atoms with Gasteiger partial charge in [-0.25, -0.2) is 4.98 Å². The third kappa shape index (κ3) is 2.32. The Morgan fingerprint density at radius 3 is 2.56 bits per heavy atom. The summed E-state index contributed by atoms with van der Waals surface area (Å²) in [5.41, 5.74) is 1.22. The van der Waals surface area contributed by atoms with Crippen LogP contribution in [0.25, 0.3) is 0 Å². The lowest BCUT2D eigenvalue weighted by Gasteiger charge is -2.34. The van der Waals surface area contributed by atoms with Crippen LogP contribution in [0, 0.1) is 6.92 Å². The molecule has 0 aliphatic carbocycles. The number of hydrogen-bond acceptors (Lipinski definition) is 3. The lowest BCUT2D eigenvalue weighted by Crippen LogP contribution is -2.48. The van der Waals surface area contributed by atoms with Crippen LogP contribution in [0.1, 0.15) is 12.5 Å². The van der Waals surface area contributed by atoms with Gasteiger partial charge in [0.15, 0.2) is 0 Å². The molecule has 0 saturated carbocycles. The van der Waals surface area contributed by atoms with Gasteiger partial charge in [0.1, 0.15) is 5.82 Å². The Morgan fingerprint density at radius 2 is 2.00 bits per heavy atom. The number of carbonyl (C=O) groups is 1. The van der Waals surface area contributed by atoms with Gasteiger partial charge in [-0.3, -0.25) is 4.79 Å². The molecule has 0 atom stereocenters. The van der Waals surface area contributed by atoms with Gasteiger partial charge in [0.05, 0.1) is 0 Å². The predicted molar refractivity (Wildman–Crippen MR) is 63.4 cm³/mol. The summed E-state index contributed by atoms with van der Waals surface area (Å²) in [5, 5.41) is 0. The average molecular weight is 219 g/mol. The van der Waals surface area contributed by atoms with E-state index in [1.807, 2.05) is 17.2 Å². The number of amides is 1. The van der Waals surface area contributed by atoms with Crippen LogP contribution in [0.15, 0.2) is 18.3 Å². The number of nitrogens with zero attached hydrogens (tertiary/aromatic N) is 3. The van der Waals surface area contributed by atoms with Crippen molar-refractivity contribution in [1.82, 2.24) is 9.88 Å². The maximum atomic E-state index is 11.2. The summed E-state index contributed by atoms with van der Waals surface area (Å²) in [6, 6.07) is 4.08. The van der Waals surface area contributed by atoms with Gasteiger partial charge in [-0.15, -0.1) is 0 Å². The van der Waals surface area contributed by atoms with E-state index in [2.05, 4.69) is 22.9 Å². The van der Waals surface area contributed by atoms with Gasteiger partial charge in [-0.05, 0) is 24.6 Å². The van der Waals surface area contributed by atoms with Crippen molar-refractivity contribution in [2.75, 3.05) is 31.1 Å². The van der Waals surface area contributed by atoms with Crippen molar-refractivity contribution in [2.45, 2.75) is 13.8 Å². The Kier molecular flexibility index (Phi) is 3.08. The fraction of sp³-hybridized carbons (Fsp3) is 0.500. The van der Waals surface area contributed by atoms with E-state index in [1.165, 1.54) is 5.56 Å². The van der Waals surface area contributed by atoms with E-state index in [4.69, 9.17) is 0 Å². The molecule has 1 saturated heterocycles. The summed E-state index contributed by atoms with van der Waals surface area (Å²) in [5.74, 6) is 1.18. The van der Waals surface area contributed by atoms with E-state index in [0.717, 1.165) is 32.0 Å². The molecule has 1 aliphatic rings. The first-order valence-corrected chi connectivity index (χ1v) is 5.60. The number of hydrogen-bond donors (Lipinski definition) is 0. The molecule has 1 fully saturated rings. The third-order valence-electron chi connectivity index (χ3n) is 2.95. The van der Waals surface area contributed by atoms with E-state index in [1.54, 1.807) is 6.92 Å². The number of anilines is 1. The van der Waals surface area contributed by atoms with Crippen LogP contribution >= 0.6 is 0 Å². The van der Waals surface area contributed by atoms with Crippen LogP contribution in [0.4, 0.5) is 5.82 Å². The van der Waals surface area contributed by atoms with E-state index < -0.39 is 0 Å². The Morgan fingerprint density at radius 1 is 1.31 bits per heavy atom. The van der Waals surface area contributed by atoms with Crippen molar-refractivity contribution in [1.29, 1.82) is 0 Å². The molecule has 0 radical (unpaired) electrons. The van der Waals surface area contributed by atoms with Crippen LogP contribution in [0.2, 0.25) is 0 Å². The fourth-order valence-corrected chi connectivity index (χ4v) is 1.94. The summed E-state index contributed by atoms with van der Waals surface area (Å²) in [7, 11) is 0. The van der Waals surface area contributed by atoms with Gasteiger partial charge in [0.2, 0.25) is 5.91 Å². The molecule has 0 N–H and O–H groups in total. The maximum Gasteiger partial charge on any atom is 0.219 e. The number of piperazine rings is 1. The summed E-state index contributed by atoms with van der Waals surface area (Å²) in [6.45, 7) is 7.03. The first-order chi connectivity index (χ1) is 7.66. The molecule has 0 bridgehead atoms. The SMILES string of the molecule is CC(=O)N1CCN(c2cc(C)ccn2)CC1. The highest BCUT2D eigenvalue weighted by Crippen LogP contribution is 2.14. The van der Waals surface area contributed by atoms with Crippen molar-refractivity contribution in [2.24, 2.45) is 0 Å². The molecule has 86 valence electrons. The van der Waals surface area contributed by atoms with Crippen molar-refractivity contribution in [3.8, 4) is 0 Å². The lowest BCUT2D eigenvalue weighted by atomic mass is 10.2. The van der Waals surface area contributed by atoms with E-state index in [9.17, 15) is 4.79 Å². The molecule has 1 amide bonds. The van der Waals surface area contributed by atoms with Gasteiger partial charge < -0.3 is 9.80 Å². The smallest absolute Gasteiger partial charge is 0.219 e. The quantitative estimate of drug-likeness (QED) is 0.708. The monoisotopic (exact) mass is 219 g/mol. The fourth-order valence-electron chi connectivity index (χ4n) is 1.94. The molecule has 0 spiro atoms. The highest BCUT2D eigenvalue weighted by Gasteiger charge is 2.19. The zero-order valence-electron chi connectivity index (χ0n) is 9.81. The van der Waals surface area contributed by atoms with Gasteiger partial charge in [0, 0.05) is 39.3 Å². The van der Waals surface area contributed by atoms with Crippen LogP contribution in [0.5, 0.6) is 0 Å². The lowest BCUT2D eigenvalue weighted by molar-refractivity contribution is -0.129. The molecule has 2 heterocycles. The summed E-state index contributed by atoms with van der Waals surface area (Å²) in [6.07, 6.45) is 1.84. The minimum atomic E-state index is 0.164. The molecule has 2 rings (SSSR count).